The summed E-state index contributed by atoms with van der Waals surface area (Å²) in [6.07, 6.45) is 10.2. The minimum atomic E-state index is -0.948. The summed E-state index contributed by atoms with van der Waals surface area (Å²) in [6.45, 7) is 3.39. The summed E-state index contributed by atoms with van der Waals surface area (Å²) in [7, 11) is 0. The number of carbonyl (C=O) groups is 2. The number of hydrogen-bond donors (Lipinski definition) is 0. The summed E-state index contributed by atoms with van der Waals surface area (Å²) in [5.41, 5.74) is 0. The topological polar surface area (TPSA) is 80.3 Å². The maximum Gasteiger partial charge on any atom is 0.0442 e. The summed E-state index contributed by atoms with van der Waals surface area (Å²) >= 11 is 0. The van der Waals surface area contributed by atoms with Gasteiger partial charge in [-0.15, -0.1) is 0 Å². The second-order valence-corrected chi connectivity index (χ2v) is 5.85. The Morgan fingerprint density at radius 2 is 0.900 bits per heavy atom. The Balaban J connectivity index is 3.21. The zero-order valence-corrected chi connectivity index (χ0v) is 12.9. The standard InChI is InChI=1S/C16H30O4/c1-13(15(17)18)11-9-7-5-3-4-6-8-10-12-14(2)16(19)20/h13-14H,3-12H2,1-2H3,(H,17,18)(H,19,20)/p-2/t13-,14-/m1/s1. The van der Waals surface area contributed by atoms with Crippen LogP contribution in [0.15, 0.2) is 0 Å². The molecule has 0 aliphatic rings. The first kappa shape index (κ1) is 18.9. The molecule has 0 bridgehead atoms. The van der Waals surface area contributed by atoms with Crippen molar-refractivity contribution in [1.82, 2.24) is 0 Å². The highest BCUT2D eigenvalue weighted by Gasteiger charge is 2.03. The number of carboxylic acids is 2. The minimum absolute atomic E-state index is 0.333. The molecule has 0 unspecified atom stereocenters. The van der Waals surface area contributed by atoms with E-state index in [0.717, 1.165) is 38.5 Å². The fraction of sp³-hybridized carbons (Fsp3) is 0.875. The average molecular weight is 284 g/mol. The first-order chi connectivity index (χ1) is 9.45. The molecule has 0 spiro atoms. The van der Waals surface area contributed by atoms with Crippen molar-refractivity contribution in [2.75, 3.05) is 0 Å². The van der Waals surface area contributed by atoms with Crippen LogP contribution in [0, 0.1) is 11.8 Å². The van der Waals surface area contributed by atoms with Gasteiger partial charge in [-0.2, -0.15) is 0 Å². The smallest absolute Gasteiger partial charge is 0.0442 e. The lowest BCUT2D eigenvalue weighted by Crippen LogP contribution is -2.29. The number of rotatable bonds is 13. The predicted molar refractivity (Wildman–Crippen MR) is 74.5 cm³/mol. The Morgan fingerprint density at radius 3 is 1.15 bits per heavy atom. The van der Waals surface area contributed by atoms with Gasteiger partial charge in [0.05, 0.1) is 0 Å². The number of aliphatic carboxylic acids is 2. The summed E-state index contributed by atoms with van der Waals surface area (Å²) < 4.78 is 0. The summed E-state index contributed by atoms with van der Waals surface area (Å²) in [5, 5.41) is 21.0. The molecular weight excluding hydrogens is 256 g/mol. The zero-order chi connectivity index (χ0) is 15.4. The van der Waals surface area contributed by atoms with Crippen molar-refractivity contribution < 1.29 is 19.8 Å². The number of unbranched alkanes of at least 4 members (excludes halogenated alkanes) is 7. The largest absolute Gasteiger partial charge is 0.550 e. The molecule has 118 valence electrons. The molecule has 0 fully saturated rings. The Bertz CT molecular complexity index is 248. The Hall–Kier alpha value is -1.06. The van der Waals surface area contributed by atoms with Crippen molar-refractivity contribution >= 4 is 11.9 Å². The van der Waals surface area contributed by atoms with Gasteiger partial charge >= 0.3 is 0 Å². The van der Waals surface area contributed by atoms with Crippen molar-refractivity contribution in [2.45, 2.75) is 78.1 Å². The monoisotopic (exact) mass is 284 g/mol. The van der Waals surface area contributed by atoms with Crippen molar-refractivity contribution in [3.8, 4) is 0 Å². The molecule has 0 amide bonds. The van der Waals surface area contributed by atoms with E-state index in [1.807, 2.05) is 0 Å². The lowest BCUT2D eigenvalue weighted by Gasteiger charge is -2.12. The van der Waals surface area contributed by atoms with Crippen LogP contribution in [0.4, 0.5) is 0 Å². The molecule has 0 saturated carbocycles. The molecule has 0 aromatic rings. The van der Waals surface area contributed by atoms with E-state index < -0.39 is 11.9 Å². The van der Waals surface area contributed by atoms with Gasteiger partial charge in [-0.1, -0.05) is 65.2 Å². The first-order valence-corrected chi connectivity index (χ1v) is 7.87. The first-order valence-electron chi connectivity index (χ1n) is 7.87. The molecule has 0 rings (SSSR count). The molecule has 4 heteroatoms. The van der Waals surface area contributed by atoms with Gasteiger partial charge in [0.15, 0.2) is 0 Å². The third-order valence-corrected chi connectivity index (χ3v) is 3.83. The van der Waals surface area contributed by atoms with Gasteiger partial charge in [-0.05, 0) is 24.7 Å². The van der Waals surface area contributed by atoms with E-state index in [1.54, 1.807) is 13.8 Å². The van der Waals surface area contributed by atoms with E-state index in [-0.39, 0.29) is 11.8 Å². The Labute approximate surface area is 122 Å². The van der Waals surface area contributed by atoms with Crippen LogP contribution in [0.5, 0.6) is 0 Å². The predicted octanol–water partition coefficient (Wildman–Crippen LogP) is 1.66. The highest BCUT2D eigenvalue weighted by molar-refractivity contribution is 5.67. The van der Waals surface area contributed by atoms with Crippen molar-refractivity contribution in [3.63, 3.8) is 0 Å². The van der Waals surface area contributed by atoms with Crippen LogP contribution >= 0.6 is 0 Å². The molecule has 0 aliphatic carbocycles. The Kier molecular flexibility index (Phi) is 11.1. The van der Waals surface area contributed by atoms with Crippen LogP contribution in [-0.4, -0.2) is 11.9 Å². The fourth-order valence-electron chi connectivity index (χ4n) is 2.20. The fourth-order valence-corrected chi connectivity index (χ4v) is 2.20. The molecule has 0 aromatic carbocycles. The van der Waals surface area contributed by atoms with Gasteiger partial charge in [0.25, 0.3) is 0 Å². The number of carbonyl (C=O) groups excluding carboxylic acids is 2. The van der Waals surface area contributed by atoms with Crippen LogP contribution in [0.1, 0.15) is 78.1 Å². The molecule has 0 radical (unpaired) electrons. The number of hydrogen-bond acceptors (Lipinski definition) is 4. The van der Waals surface area contributed by atoms with E-state index in [2.05, 4.69) is 0 Å². The van der Waals surface area contributed by atoms with E-state index in [9.17, 15) is 19.8 Å². The normalized spacial score (nSPS) is 13.9. The van der Waals surface area contributed by atoms with Gasteiger partial charge < -0.3 is 19.8 Å². The maximum absolute atomic E-state index is 10.5. The zero-order valence-electron chi connectivity index (χ0n) is 12.9. The summed E-state index contributed by atoms with van der Waals surface area (Å²) in [6, 6.07) is 0. The molecule has 2 atom stereocenters. The third kappa shape index (κ3) is 10.8. The molecule has 4 nitrogen and oxygen atoms in total. The van der Waals surface area contributed by atoms with Crippen molar-refractivity contribution in [3.05, 3.63) is 0 Å². The summed E-state index contributed by atoms with van der Waals surface area (Å²) in [4.78, 5) is 21.0. The van der Waals surface area contributed by atoms with Gasteiger partial charge in [0.2, 0.25) is 0 Å². The third-order valence-electron chi connectivity index (χ3n) is 3.83. The van der Waals surface area contributed by atoms with Gasteiger partial charge in [0.1, 0.15) is 0 Å². The second kappa shape index (κ2) is 11.7. The molecular formula is C16H28O4-2. The summed E-state index contributed by atoms with van der Waals surface area (Å²) in [5.74, 6) is -2.56. The van der Waals surface area contributed by atoms with Crippen LogP contribution in [0.3, 0.4) is 0 Å². The molecule has 0 aromatic heterocycles. The van der Waals surface area contributed by atoms with Crippen molar-refractivity contribution in [2.24, 2.45) is 11.8 Å². The molecule has 0 heterocycles. The van der Waals surface area contributed by atoms with E-state index >= 15 is 0 Å². The SMILES string of the molecule is C[C@H](CCCCCCCCCC[C@@H](C)C(=O)[O-])C(=O)[O-]. The molecule has 20 heavy (non-hydrogen) atoms. The maximum atomic E-state index is 10.5. The Morgan fingerprint density at radius 1 is 0.650 bits per heavy atom. The van der Waals surface area contributed by atoms with Gasteiger partial charge in [0, 0.05) is 11.9 Å². The van der Waals surface area contributed by atoms with Gasteiger partial charge in [-0.3, -0.25) is 0 Å². The lowest BCUT2D eigenvalue weighted by atomic mass is 10.0. The van der Waals surface area contributed by atoms with Crippen LogP contribution < -0.4 is 10.2 Å². The van der Waals surface area contributed by atoms with E-state index in [4.69, 9.17) is 0 Å². The molecule has 0 aliphatic heterocycles. The molecule has 0 N–H and O–H groups in total. The van der Waals surface area contributed by atoms with Gasteiger partial charge in [-0.25, -0.2) is 0 Å². The minimum Gasteiger partial charge on any atom is -0.550 e. The molecule has 0 saturated heterocycles. The highest BCUT2D eigenvalue weighted by atomic mass is 16.4. The van der Waals surface area contributed by atoms with E-state index in [0.29, 0.717) is 12.8 Å². The second-order valence-electron chi connectivity index (χ2n) is 5.85. The van der Waals surface area contributed by atoms with E-state index in [1.165, 1.54) is 12.8 Å². The van der Waals surface area contributed by atoms with Crippen LogP contribution in [-0.2, 0) is 9.59 Å². The lowest BCUT2D eigenvalue weighted by molar-refractivity contribution is -0.312. The van der Waals surface area contributed by atoms with Crippen molar-refractivity contribution in [1.29, 1.82) is 0 Å². The van der Waals surface area contributed by atoms with Crippen LogP contribution in [0.2, 0.25) is 0 Å². The van der Waals surface area contributed by atoms with Crippen LogP contribution in [0.25, 0.3) is 0 Å². The average Bonchev–Trinajstić information content (AvgIpc) is 2.39. The number of carboxylic acid groups (broad SMARTS) is 2. The highest BCUT2D eigenvalue weighted by Crippen LogP contribution is 2.14. The quantitative estimate of drug-likeness (QED) is 0.482.